The molecule has 136 valence electrons. The molecular weight excluding hydrogens is 441 g/mol. The van der Waals surface area contributed by atoms with Gasteiger partial charge < -0.3 is 5.32 Å². The van der Waals surface area contributed by atoms with E-state index < -0.39 is 0 Å². The van der Waals surface area contributed by atoms with Crippen LogP contribution in [-0.4, -0.2) is 15.0 Å². The van der Waals surface area contributed by atoms with Gasteiger partial charge in [-0.05, 0) is 60.1 Å². The Bertz CT molecular complexity index is 1070. The lowest BCUT2D eigenvalue weighted by molar-refractivity contribution is 0.102. The van der Waals surface area contributed by atoms with Gasteiger partial charge in [-0.3, -0.25) is 13.9 Å². The molecule has 1 heterocycles. The number of rotatable bonds is 4. The number of anilines is 1. The molecule has 1 N–H and O–H groups in total. The van der Waals surface area contributed by atoms with Crippen molar-refractivity contribution >= 4 is 61.8 Å². The number of aromatic nitrogens is 2. The number of halogens is 3. The smallest absolute Gasteiger partial charge is 0.321 e. The second kappa shape index (κ2) is 7.47. The number of benzene rings is 2. The SMILES string of the molecule is CCn1c(=O)n(CC)c2cc(NC(=O)c3ccc(Cl)cc3Cl)c(Br)cc21. The summed E-state index contributed by atoms with van der Waals surface area (Å²) in [6.07, 6.45) is 0. The second-order valence-electron chi connectivity index (χ2n) is 5.67. The molecule has 0 saturated carbocycles. The molecule has 1 amide bonds. The summed E-state index contributed by atoms with van der Waals surface area (Å²) >= 11 is 15.5. The molecule has 0 spiro atoms. The Labute approximate surface area is 168 Å². The lowest BCUT2D eigenvalue weighted by Gasteiger charge is -2.10. The Morgan fingerprint density at radius 2 is 1.69 bits per heavy atom. The van der Waals surface area contributed by atoms with Gasteiger partial charge in [-0.1, -0.05) is 23.2 Å². The number of hydrogen-bond donors (Lipinski definition) is 1. The van der Waals surface area contributed by atoms with Crippen molar-refractivity contribution in [2.45, 2.75) is 26.9 Å². The fraction of sp³-hybridized carbons (Fsp3) is 0.222. The molecule has 1 aromatic heterocycles. The topological polar surface area (TPSA) is 56.0 Å². The fourth-order valence-corrected chi connectivity index (χ4v) is 3.83. The molecule has 0 bridgehead atoms. The van der Waals surface area contributed by atoms with Gasteiger partial charge in [-0.15, -0.1) is 0 Å². The van der Waals surface area contributed by atoms with Gasteiger partial charge in [0.2, 0.25) is 0 Å². The highest BCUT2D eigenvalue weighted by Gasteiger charge is 2.17. The van der Waals surface area contributed by atoms with Gasteiger partial charge in [0, 0.05) is 22.6 Å². The first-order chi connectivity index (χ1) is 12.4. The summed E-state index contributed by atoms with van der Waals surface area (Å²) in [4.78, 5) is 25.1. The average molecular weight is 457 g/mol. The number of carbonyl (C=O) groups excluding carboxylic acids is 1. The summed E-state index contributed by atoms with van der Waals surface area (Å²) in [5.74, 6) is -0.355. The minimum Gasteiger partial charge on any atom is -0.321 e. The Morgan fingerprint density at radius 3 is 2.27 bits per heavy atom. The summed E-state index contributed by atoms with van der Waals surface area (Å²) < 4.78 is 4.06. The summed E-state index contributed by atoms with van der Waals surface area (Å²) in [6, 6.07) is 8.33. The monoisotopic (exact) mass is 455 g/mol. The first-order valence-corrected chi connectivity index (χ1v) is 9.61. The highest BCUT2D eigenvalue weighted by molar-refractivity contribution is 9.10. The predicted molar refractivity (Wildman–Crippen MR) is 110 cm³/mol. The number of amides is 1. The van der Waals surface area contributed by atoms with Crippen molar-refractivity contribution in [1.29, 1.82) is 0 Å². The molecule has 0 aliphatic heterocycles. The van der Waals surface area contributed by atoms with E-state index in [4.69, 9.17) is 23.2 Å². The predicted octanol–water partition coefficient (Wildman–Crippen LogP) is 5.16. The van der Waals surface area contributed by atoms with Crippen LogP contribution in [0.3, 0.4) is 0 Å². The lowest BCUT2D eigenvalue weighted by Crippen LogP contribution is -2.23. The Kier molecular flexibility index (Phi) is 5.46. The summed E-state index contributed by atoms with van der Waals surface area (Å²) in [6.45, 7) is 4.95. The third kappa shape index (κ3) is 3.29. The van der Waals surface area contributed by atoms with Crippen molar-refractivity contribution in [2.24, 2.45) is 0 Å². The van der Waals surface area contributed by atoms with Crippen LogP contribution >= 0.6 is 39.1 Å². The standard InChI is InChI=1S/C18H16BrCl2N3O2/c1-3-23-15-8-12(19)14(9-16(15)24(4-2)18(23)26)22-17(25)11-6-5-10(20)7-13(11)21/h5-9H,3-4H2,1-2H3,(H,22,25). The van der Waals surface area contributed by atoms with E-state index in [0.29, 0.717) is 33.8 Å². The van der Waals surface area contributed by atoms with Gasteiger partial charge in [0.1, 0.15) is 0 Å². The van der Waals surface area contributed by atoms with E-state index in [9.17, 15) is 9.59 Å². The number of hydrogen-bond acceptors (Lipinski definition) is 2. The van der Waals surface area contributed by atoms with Crippen molar-refractivity contribution in [3.05, 3.63) is 60.9 Å². The number of fused-ring (bicyclic) bond motifs is 1. The van der Waals surface area contributed by atoms with Gasteiger partial charge in [0.25, 0.3) is 5.91 Å². The maximum atomic E-state index is 12.6. The number of nitrogens with zero attached hydrogens (tertiary/aromatic N) is 2. The summed E-state index contributed by atoms with van der Waals surface area (Å²) in [5.41, 5.74) is 2.39. The van der Waals surface area contributed by atoms with Crippen LogP contribution < -0.4 is 11.0 Å². The van der Waals surface area contributed by atoms with Crippen LogP contribution in [0.2, 0.25) is 10.0 Å². The molecule has 0 unspecified atom stereocenters. The van der Waals surface area contributed by atoms with Crippen LogP contribution in [0, 0.1) is 0 Å². The minimum atomic E-state index is -0.355. The van der Waals surface area contributed by atoms with Crippen molar-refractivity contribution < 1.29 is 4.79 Å². The first-order valence-electron chi connectivity index (χ1n) is 8.06. The molecule has 0 fully saturated rings. The van der Waals surface area contributed by atoms with Crippen LogP contribution in [0.1, 0.15) is 24.2 Å². The number of imidazole rings is 1. The summed E-state index contributed by atoms with van der Waals surface area (Å²) in [5, 5.41) is 3.57. The molecule has 0 radical (unpaired) electrons. The van der Waals surface area contributed by atoms with Crippen molar-refractivity contribution in [3.63, 3.8) is 0 Å². The molecule has 0 atom stereocenters. The van der Waals surface area contributed by atoms with Crippen LogP contribution in [0.25, 0.3) is 11.0 Å². The highest BCUT2D eigenvalue weighted by Crippen LogP contribution is 2.30. The third-order valence-corrected chi connectivity index (χ3v) is 5.37. The molecule has 0 aliphatic rings. The third-order valence-electron chi connectivity index (χ3n) is 4.16. The summed E-state index contributed by atoms with van der Waals surface area (Å²) in [7, 11) is 0. The average Bonchev–Trinajstić information content (AvgIpc) is 2.84. The van der Waals surface area contributed by atoms with E-state index in [0.717, 1.165) is 11.0 Å². The van der Waals surface area contributed by atoms with Gasteiger partial charge in [0.15, 0.2) is 0 Å². The zero-order valence-electron chi connectivity index (χ0n) is 14.1. The molecular formula is C18H16BrCl2N3O2. The van der Waals surface area contributed by atoms with Crippen LogP contribution in [0.5, 0.6) is 0 Å². The number of carbonyl (C=O) groups is 1. The largest absolute Gasteiger partial charge is 0.329 e. The number of aryl methyl sites for hydroxylation is 2. The molecule has 3 rings (SSSR count). The van der Waals surface area contributed by atoms with Gasteiger partial charge in [-0.25, -0.2) is 4.79 Å². The van der Waals surface area contributed by atoms with Crippen LogP contribution in [0.4, 0.5) is 5.69 Å². The van der Waals surface area contributed by atoms with E-state index in [2.05, 4.69) is 21.2 Å². The second-order valence-corrected chi connectivity index (χ2v) is 7.37. The molecule has 8 heteroatoms. The highest BCUT2D eigenvalue weighted by atomic mass is 79.9. The van der Waals surface area contributed by atoms with Crippen LogP contribution in [-0.2, 0) is 13.1 Å². The molecule has 2 aromatic carbocycles. The quantitative estimate of drug-likeness (QED) is 0.589. The van der Waals surface area contributed by atoms with Gasteiger partial charge in [-0.2, -0.15) is 0 Å². The zero-order valence-corrected chi connectivity index (χ0v) is 17.2. The first kappa shape index (κ1) is 19.0. The van der Waals surface area contributed by atoms with E-state index in [1.54, 1.807) is 27.3 Å². The Balaban J connectivity index is 2.07. The van der Waals surface area contributed by atoms with E-state index >= 15 is 0 Å². The minimum absolute atomic E-state index is 0.0684. The Morgan fingerprint density at radius 1 is 1.08 bits per heavy atom. The maximum Gasteiger partial charge on any atom is 0.329 e. The van der Waals surface area contributed by atoms with Crippen molar-refractivity contribution in [3.8, 4) is 0 Å². The maximum absolute atomic E-state index is 12.6. The van der Waals surface area contributed by atoms with E-state index in [1.165, 1.54) is 6.07 Å². The Hall–Kier alpha value is -1.76. The molecule has 5 nitrogen and oxygen atoms in total. The van der Waals surface area contributed by atoms with E-state index in [-0.39, 0.29) is 16.6 Å². The van der Waals surface area contributed by atoms with E-state index in [1.807, 2.05) is 19.9 Å². The van der Waals surface area contributed by atoms with Gasteiger partial charge in [0.05, 0.1) is 27.3 Å². The van der Waals surface area contributed by atoms with Crippen molar-refractivity contribution in [1.82, 2.24) is 9.13 Å². The molecule has 0 aliphatic carbocycles. The van der Waals surface area contributed by atoms with Crippen LogP contribution in [0.15, 0.2) is 39.6 Å². The number of nitrogens with one attached hydrogen (secondary N) is 1. The lowest BCUT2D eigenvalue weighted by atomic mass is 10.2. The molecule has 3 aromatic rings. The fourth-order valence-electron chi connectivity index (χ4n) is 2.91. The zero-order chi connectivity index (χ0) is 19.0. The normalized spacial score (nSPS) is 11.1. The van der Waals surface area contributed by atoms with Gasteiger partial charge >= 0.3 is 5.69 Å². The molecule has 26 heavy (non-hydrogen) atoms. The van der Waals surface area contributed by atoms with Crippen molar-refractivity contribution in [2.75, 3.05) is 5.32 Å². The molecule has 0 saturated heterocycles.